The zero-order chi connectivity index (χ0) is 13.1. The second kappa shape index (κ2) is 5.67. The van der Waals surface area contributed by atoms with Crippen molar-refractivity contribution in [3.05, 3.63) is 32.8 Å². The Balaban J connectivity index is 2.06. The monoisotopic (exact) mass is 314 g/mol. The highest BCUT2D eigenvalue weighted by Crippen LogP contribution is 2.29. The highest BCUT2D eigenvalue weighted by Gasteiger charge is 2.22. The summed E-state index contributed by atoms with van der Waals surface area (Å²) in [4.78, 5) is 10.2. The molecule has 1 aliphatic rings. The number of anilines is 1. The summed E-state index contributed by atoms with van der Waals surface area (Å²) < 4.78 is 6.30. The van der Waals surface area contributed by atoms with Crippen molar-refractivity contribution in [1.82, 2.24) is 0 Å². The molecule has 0 radical (unpaired) electrons. The molecule has 5 nitrogen and oxygen atoms in total. The van der Waals surface area contributed by atoms with E-state index in [2.05, 4.69) is 28.2 Å². The van der Waals surface area contributed by atoms with Gasteiger partial charge in [0.15, 0.2) is 0 Å². The van der Waals surface area contributed by atoms with Crippen LogP contribution in [0.15, 0.2) is 22.7 Å². The van der Waals surface area contributed by atoms with Crippen LogP contribution >= 0.6 is 15.9 Å². The van der Waals surface area contributed by atoms with Crippen molar-refractivity contribution in [3.8, 4) is 0 Å². The van der Waals surface area contributed by atoms with Crippen LogP contribution in [0.5, 0.6) is 0 Å². The van der Waals surface area contributed by atoms with Crippen LogP contribution in [0.2, 0.25) is 0 Å². The number of hydrogen-bond acceptors (Lipinski definition) is 4. The number of halogens is 1. The van der Waals surface area contributed by atoms with Gasteiger partial charge >= 0.3 is 0 Å². The third-order valence-corrected chi connectivity index (χ3v) is 3.73. The molecular weight excluding hydrogens is 300 g/mol. The lowest BCUT2D eigenvalue weighted by Crippen LogP contribution is -2.30. The molecule has 1 saturated heterocycles. The zero-order valence-electron chi connectivity index (χ0n) is 10.1. The van der Waals surface area contributed by atoms with Crippen molar-refractivity contribution in [2.24, 2.45) is 0 Å². The molecule has 98 valence electrons. The number of nitro benzene ring substituents is 1. The van der Waals surface area contributed by atoms with Crippen molar-refractivity contribution in [1.29, 1.82) is 0 Å². The maximum Gasteiger partial charge on any atom is 0.270 e. The van der Waals surface area contributed by atoms with E-state index in [0.29, 0.717) is 4.47 Å². The van der Waals surface area contributed by atoms with Gasteiger partial charge < -0.3 is 10.1 Å². The lowest BCUT2D eigenvalue weighted by Gasteiger charge is -2.21. The fraction of sp³-hybridized carbons (Fsp3) is 0.500. The lowest BCUT2D eigenvalue weighted by molar-refractivity contribution is -0.384. The summed E-state index contributed by atoms with van der Waals surface area (Å²) in [5.74, 6) is 0. The Bertz CT molecular complexity index is 447. The van der Waals surface area contributed by atoms with E-state index in [-0.39, 0.29) is 17.8 Å². The Labute approximate surface area is 114 Å². The third-order valence-electron chi connectivity index (χ3n) is 3.07. The van der Waals surface area contributed by atoms with E-state index in [9.17, 15) is 10.1 Å². The first kappa shape index (κ1) is 13.3. The van der Waals surface area contributed by atoms with Crippen molar-refractivity contribution < 1.29 is 9.66 Å². The molecule has 1 aromatic carbocycles. The summed E-state index contributed by atoms with van der Waals surface area (Å²) in [6.07, 6.45) is 2.36. The van der Waals surface area contributed by atoms with Gasteiger partial charge in [-0.1, -0.05) is 0 Å². The van der Waals surface area contributed by atoms with Gasteiger partial charge in [-0.3, -0.25) is 10.1 Å². The molecule has 1 N–H and O–H groups in total. The van der Waals surface area contributed by atoms with Crippen molar-refractivity contribution in [2.75, 3.05) is 11.9 Å². The number of nitrogens with one attached hydrogen (secondary N) is 1. The maximum atomic E-state index is 10.6. The largest absolute Gasteiger partial charge is 0.379 e. The van der Waals surface area contributed by atoms with Gasteiger partial charge in [-0.2, -0.15) is 0 Å². The molecule has 0 spiro atoms. The van der Waals surface area contributed by atoms with E-state index in [1.165, 1.54) is 12.1 Å². The Kier molecular flexibility index (Phi) is 4.19. The Morgan fingerprint density at radius 1 is 1.61 bits per heavy atom. The van der Waals surface area contributed by atoms with Crippen LogP contribution in [-0.2, 0) is 4.74 Å². The Morgan fingerprint density at radius 3 is 2.94 bits per heavy atom. The molecule has 2 rings (SSSR count). The first-order chi connectivity index (χ1) is 8.58. The third kappa shape index (κ3) is 3.00. The average Bonchev–Trinajstić information content (AvgIpc) is 2.85. The summed E-state index contributed by atoms with van der Waals surface area (Å²) in [5.41, 5.74) is 0.931. The summed E-state index contributed by atoms with van der Waals surface area (Å²) >= 11 is 3.34. The van der Waals surface area contributed by atoms with Crippen molar-refractivity contribution in [2.45, 2.75) is 31.9 Å². The average molecular weight is 315 g/mol. The molecule has 1 aromatic rings. The van der Waals surface area contributed by atoms with Gasteiger partial charge in [0.25, 0.3) is 5.69 Å². The van der Waals surface area contributed by atoms with Gasteiger partial charge in [0.2, 0.25) is 0 Å². The molecule has 6 heteroatoms. The van der Waals surface area contributed by atoms with E-state index < -0.39 is 4.92 Å². The predicted molar refractivity (Wildman–Crippen MR) is 72.9 cm³/mol. The van der Waals surface area contributed by atoms with E-state index in [4.69, 9.17) is 4.74 Å². The second-order valence-electron chi connectivity index (χ2n) is 4.41. The van der Waals surface area contributed by atoms with Crippen LogP contribution in [-0.4, -0.2) is 23.7 Å². The number of rotatable bonds is 4. The van der Waals surface area contributed by atoms with E-state index in [1.54, 1.807) is 6.07 Å². The summed E-state index contributed by atoms with van der Waals surface area (Å²) in [6, 6.07) is 4.90. The van der Waals surface area contributed by atoms with Gasteiger partial charge in [0, 0.05) is 34.9 Å². The SMILES string of the molecule is CC(Nc1ccc([N+](=O)[O-])cc1Br)C1CCCO1. The minimum Gasteiger partial charge on any atom is -0.379 e. The molecule has 0 aromatic heterocycles. The molecule has 1 aliphatic heterocycles. The Hall–Kier alpha value is -1.14. The second-order valence-corrected chi connectivity index (χ2v) is 5.26. The molecule has 1 heterocycles. The fourth-order valence-corrected chi connectivity index (χ4v) is 2.55. The minimum atomic E-state index is -0.405. The smallest absolute Gasteiger partial charge is 0.270 e. The number of ether oxygens (including phenoxy) is 1. The summed E-state index contributed by atoms with van der Waals surface area (Å²) in [5, 5.41) is 14.0. The number of benzene rings is 1. The number of nitrogens with zero attached hydrogens (tertiary/aromatic N) is 1. The van der Waals surface area contributed by atoms with Crippen LogP contribution in [0.4, 0.5) is 11.4 Å². The van der Waals surface area contributed by atoms with E-state index in [1.807, 2.05) is 0 Å². The van der Waals surface area contributed by atoms with Crippen molar-refractivity contribution in [3.63, 3.8) is 0 Å². The standard InChI is InChI=1S/C12H15BrN2O3/c1-8(12-3-2-6-18-12)14-11-5-4-9(15(16)17)7-10(11)13/h4-5,7-8,12,14H,2-3,6H2,1H3. The maximum absolute atomic E-state index is 10.6. The van der Waals surface area contributed by atoms with E-state index >= 15 is 0 Å². The van der Waals surface area contributed by atoms with Gasteiger partial charge in [0.05, 0.1) is 11.0 Å². The van der Waals surface area contributed by atoms with Gasteiger partial charge in [-0.25, -0.2) is 0 Å². The quantitative estimate of drug-likeness (QED) is 0.684. The fourth-order valence-electron chi connectivity index (χ4n) is 2.07. The van der Waals surface area contributed by atoms with Crippen LogP contribution in [0.25, 0.3) is 0 Å². The Morgan fingerprint density at radius 2 is 2.39 bits per heavy atom. The minimum absolute atomic E-state index is 0.0807. The normalized spacial score (nSPS) is 20.7. The highest BCUT2D eigenvalue weighted by atomic mass is 79.9. The van der Waals surface area contributed by atoms with E-state index in [0.717, 1.165) is 25.1 Å². The molecule has 2 unspecified atom stereocenters. The molecule has 0 amide bonds. The molecule has 1 fully saturated rings. The summed E-state index contributed by atoms with van der Waals surface area (Å²) in [6.45, 7) is 2.88. The van der Waals surface area contributed by atoms with Gasteiger partial charge in [-0.15, -0.1) is 0 Å². The number of non-ortho nitro benzene ring substituents is 1. The van der Waals surface area contributed by atoms with Crippen LogP contribution in [0.1, 0.15) is 19.8 Å². The van der Waals surface area contributed by atoms with Crippen molar-refractivity contribution >= 4 is 27.3 Å². The van der Waals surface area contributed by atoms with Gasteiger partial charge in [-0.05, 0) is 41.8 Å². The van der Waals surface area contributed by atoms with Gasteiger partial charge in [0.1, 0.15) is 0 Å². The van der Waals surface area contributed by atoms with Crippen LogP contribution < -0.4 is 5.32 Å². The predicted octanol–water partition coefficient (Wildman–Crippen LogP) is 3.34. The zero-order valence-corrected chi connectivity index (χ0v) is 11.6. The topological polar surface area (TPSA) is 64.4 Å². The first-order valence-corrected chi connectivity index (χ1v) is 6.69. The van der Waals surface area contributed by atoms with Crippen LogP contribution in [0, 0.1) is 10.1 Å². The molecule has 2 atom stereocenters. The lowest BCUT2D eigenvalue weighted by atomic mass is 10.1. The molecule has 0 bridgehead atoms. The molecule has 0 saturated carbocycles. The molecule has 18 heavy (non-hydrogen) atoms. The first-order valence-electron chi connectivity index (χ1n) is 5.90. The molecular formula is C12H15BrN2O3. The highest BCUT2D eigenvalue weighted by molar-refractivity contribution is 9.10. The number of nitro groups is 1. The molecule has 0 aliphatic carbocycles. The number of hydrogen-bond donors (Lipinski definition) is 1. The van der Waals surface area contributed by atoms with Crippen LogP contribution in [0.3, 0.4) is 0 Å². The summed E-state index contributed by atoms with van der Waals surface area (Å²) in [7, 11) is 0.